The molecule has 0 bridgehead atoms. The Bertz CT molecular complexity index is 805. The molecule has 0 radical (unpaired) electrons. The molecule has 0 aliphatic heterocycles. The van der Waals surface area contributed by atoms with Crippen molar-refractivity contribution in [1.82, 2.24) is 0 Å². The third kappa shape index (κ3) is 9.16. The Morgan fingerprint density at radius 3 is 2.19 bits per heavy atom. The van der Waals surface area contributed by atoms with Crippen molar-refractivity contribution in [2.75, 3.05) is 26.9 Å². The minimum Gasteiger partial charge on any atom is -0.494 e. The van der Waals surface area contributed by atoms with Crippen LogP contribution in [0.4, 0.5) is 0 Å². The fourth-order valence-corrected chi connectivity index (χ4v) is 3.14. The summed E-state index contributed by atoms with van der Waals surface area (Å²) in [6.45, 7) is 8.04. The van der Waals surface area contributed by atoms with Crippen LogP contribution in [-0.2, 0) is 11.3 Å². The highest BCUT2D eigenvalue weighted by Crippen LogP contribution is 2.28. The molecule has 31 heavy (non-hydrogen) atoms. The molecule has 0 heterocycles. The lowest BCUT2D eigenvalue weighted by Crippen LogP contribution is -2.05. The van der Waals surface area contributed by atoms with Crippen molar-refractivity contribution in [3.05, 3.63) is 65.2 Å². The molecule has 5 nitrogen and oxygen atoms in total. The first-order valence-corrected chi connectivity index (χ1v) is 10.9. The summed E-state index contributed by atoms with van der Waals surface area (Å²) in [6.07, 6.45) is 9.43. The Labute approximate surface area is 186 Å². The van der Waals surface area contributed by atoms with Gasteiger partial charge in [-0.15, -0.1) is 0 Å². The van der Waals surface area contributed by atoms with Crippen molar-refractivity contribution in [3.63, 3.8) is 0 Å². The number of hydrogen-bond donors (Lipinski definition) is 0. The predicted octanol–water partition coefficient (Wildman–Crippen LogP) is 6.06. The standard InChI is InChI=1S/C26H35NO4/c1-5-6-16-30-25-19-21(2)26(22(3)20-25)31-18-8-7-17-29-24-13-11-23(12-14-24)10-9-15-27-28-4/h5-6,11-15,19-20H,7-10,16-18H2,1-4H3/b6-5+,27-15+. The number of oxime groups is 1. The first-order chi connectivity index (χ1) is 15.1. The Kier molecular flexibility index (Phi) is 11.1. The molecule has 0 N–H and O–H groups in total. The van der Waals surface area contributed by atoms with Crippen LogP contribution in [0.1, 0.15) is 42.9 Å². The molecule has 0 aliphatic rings. The fourth-order valence-electron chi connectivity index (χ4n) is 3.14. The van der Waals surface area contributed by atoms with Crippen molar-refractivity contribution in [1.29, 1.82) is 0 Å². The van der Waals surface area contributed by atoms with E-state index in [4.69, 9.17) is 14.2 Å². The van der Waals surface area contributed by atoms with Crippen molar-refractivity contribution in [2.45, 2.75) is 46.5 Å². The van der Waals surface area contributed by atoms with Gasteiger partial charge < -0.3 is 19.0 Å². The predicted molar refractivity (Wildman–Crippen MR) is 127 cm³/mol. The molecule has 0 aliphatic carbocycles. The number of benzene rings is 2. The first kappa shape index (κ1) is 24.3. The lowest BCUT2D eigenvalue weighted by molar-refractivity contribution is 0.214. The van der Waals surface area contributed by atoms with E-state index in [9.17, 15) is 0 Å². The highest BCUT2D eigenvalue weighted by Gasteiger charge is 2.07. The van der Waals surface area contributed by atoms with Gasteiger partial charge in [0.05, 0.1) is 13.2 Å². The number of hydrogen-bond acceptors (Lipinski definition) is 5. The smallest absolute Gasteiger partial charge is 0.125 e. The lowest BCUT2D eigenvalue weighted by atomic mass is 10.1. The summed E-state index contributed by atoms with van der Waals surface area (Å²) in [5.74, 6) is 2.73. The van der Waals surface area contributed by atoms with Crippen molar-refractivity contribution in [2.24, 2.45) is 5.16 Å². The number of ether oxygens (including phenoxy) is 3. The van der Waals surface area contributed by atoms with Crippen LogP contribution in [0.5, 0.6) is 17.2 Å². The van der Waals surface area contributed by atoms with Crippen LogP contribution in [0.2, 0.25) is 0 Å². The topological polar surface area (TPSA) is 49.3 Å². The van der Waals surface area contributed by atoms with E-state index in [1.54, 1.807) is 13.3 Å². The minimum absolute atomic E-state index is 0.585. The van der Waals surface area contributed by atoms with Crippen LogP contribution in [0.25, 0.3) is 0 Å². The molecule has 0 unspecified atom stereocenters. The van der Waals surface area contributed by atoms with Gasteiger partial charge in [0.25, 0.3) is 0 Å². The zero-order valence-corrected chi connectivity index (χ0v) is 19.2. The van der Waals surface area contributed by atoms with Gasteiger partial charge in [-0.2, -0.15) is 0 Å². The van der Waals surface area contributed by atoms with Gasteiger partial charge >= 0.3 is 0 Å². The molecule has 2 aromatic carbocycles. The van der Waals surface area contributed by atoms with E-state index < -0.39 is 0 Å². The molecule has 0 amide bonds. The van der Waals surface area contributed by atoms with Gasteiger partial charge in [-0.25, -0.2) is 0 Å². The third-order valence-corrected chi connectivity index (χ3v) is 4.73. The molecule has 0 fully saturated rings. The number of rotatable bonds is 14. The minimum atomic E-state index is 0.585. The largest absolute Gasteiger partial charge is 0.494 e. The molecule has 5 heteroatoms. The average molecular weight is 426 g/mol. The molecule has 0 aromatic heterocycles. The molecule has 168 valence electrons. The average Bonchev–Trinajstić information content (AvgIpc) is 2.76. The van der Waals surface area contributed by atoms with E-state index in [0.717, 1.165) is 54.1 Å². The quantitative estimate of drug-likeness (QED) is 0.160. The lowest BCUT2D eigenvalue weighted by Gasteiger charge is -2.14. The normalized spacial score (nSPS) is 11.2. The number of allylic oxidation sites excluding steroid dienone is 1. The molecule has 2 rings (SSSR count). The molecule has 2 aromatic rings. The summed E-state index contributed by atoms with van der Waals surface area (Å²) in [5.41, 5.74) is 3.45. The van der Waals surface area contributed by atoms with Gasteiger partial charge in [-0.3, -0.25) is 0 Å². The second kappa shape index (κ2) is 14.1. The molecule has 0 saturated heterocycles. The van der Waals surface area contributed by atoms with E-state index in [1.165, 1.54) is 5.56 Å². The summed E-state index contributed by atoms with van der Waals surface area (Å²) < 4.78 is 17.6. The van der Waals surface area contributed by atoms with Crippen molar-refractivity contribution in [3.8, 4) is 17.2 Å². The van der Waals surface area contributed by atoms with E-state index in [0.29, 0.717) is 19.8 Å². The van der Waals surface area contributed by atoms with Crippen LogP contribution in [0, 0.1) is 13.8 Å². The Hall–Kier alpha value is -2.95. The van der Waals surface area contributed by atoms with Crippen LogP contribution >= 0.6 is 0 Å². The molecule has 0 saturated carbocycles. The summed E-state index contributed by atoms with van der Waals surface area (Å²) in [6, 6.07) is 12.3. The molecular weight excluding hydrogens is 390 g/mol. The van der Waals surface area contributed by atoms with Crippen LogP contribution in [0.15, 0.2) is 53.7 Å². The second-order valence-corrected chi connectivity index (χ2v) is 7.32. The number of nitrogens with zero attached hydrogens (tertiary/aromatic N) is 1. The third-order valence-electron chi connectivity index (χ3n) is 4.73. The Balaban J connectivity index is 1.66. The summed E-state index contributed by atoms with van der Waals surface area (Å²) in [4.78, 5) is 4.66. The zero-order valence-electron chi connectivity index (χ0n) is 19.2. The van der Waals surface area contributed by atoms with Crippen molar-refractivity contribution < 1.29 is 19.0 Å². The Morgan fingerprint density at radius 2 is 1.55 bits per heavy atom. The maximum Gasteiger partial charge on any atom is 0.125 e. The molecule has 0 atom stereocenters. The SMILES string of the molecule is C/C=C/COc1cc(C)c(OCCCCOc2ccc(CC/C=N/OC)cc2)c(C)c1. The van der Waals surface area contributed by atoms with Gasteiger partial charge in [-0.05, 0) is 87.4 Å². The highest BCUT2D eigenvalue weighted by atomic mass is 16.6. The zero-order chi connectivity index (χ0) is 22.3. The maximum atomic E-state index is 6.03. The summed E-state index contributed by atoms with van der Waals surface area (Å²) >= 11 is 0. The van der Waals surface area contributed by atoms with E-state index >= 15 is 0 Å². The van der Waals surface area contributed by atoms with Crippen molar-refractivity contribution >= 4 is 6.21 Å². The fraction of sp³-hybridized carbons (Fsp3) is 0.423. The van der Waals surface area contributed by atoms with E-state index in [-0.39, 0.29) is 0 Å². The highest BCUT2D eigenvalue weighted by molar-refractivity contribution is 5.56. The van der Waals surface area contributed by atoms with E-state index in [1.807, 2.05) is 43.3 Å². The summed E-state index contributed by atoms with van der Waals surface area (Å²) in [5, 5.41) is 3.75. The van der Waals surface area contributed by atoms with Gasteiger partial charge in [0.2, 0.25) is 0 Å². The van der Waals surface area contributed by atoms with Gasteiger partial charge in [-0.1, -0.05) is 29.4 Å². The van der Waals surface area contributed by atoms with Gasteiger partial charge in [0, 0.05) is 6.21 Å². The van der Waals surface area contributed by atoms with Crippen LogP contribution in [-0.4, -0.2) is 33.1 Å². The number of unbranched alkanes of at least 4 members (excludes halogenated alkanes) is 1. The molecular formula is C26H35NO4. The summed E-state index contributed by atoms with van der Waals surface area (Å²) in [7, 11) is 1.55. The van der Waals surface area contributed by atoms with E-state index in [2.05, 4.69) is 36.0 Å². The van der Waals surface area contributed by atoms with Crippen LogP contribution < -0.4 is 14.2 Å². The van der Waals surface area contributed by atoms with Gasteiger partial charge in [0.1, 0.15) is 31.0 Å². The number of aryl methyl sites for hydroxylation is 3. The maximum absolute atomic E-state index is 6.03. The van der Waals surface area contributed by atoms with Gasteiger partial charge in [0.15, 0.2) is 0 Å². The second-order valence-electron chi connectivity index (χ2n) is 7.32. The molecule has 0 spiro atoms. The Morgan fingerprint density at radius 1 is 0.871 bits per heavy atom. The first-order valence-electron chi connectivity index (χ1n) is 10.9. The monoisotopic (exact) mass is 425 g/mol. The van der Waals surface area contributed by atoms with Crippen LogP contribution in [0.3, 0.4) is 0 Å².